The molecule has 0 bridgehead atoms. The lowest BCUT2D eigenvalue weighted by Crippen LogP contribution is -2.50. The number of hydrogen-bond acceptors (Lipinski definition) is 3. The van der Waals surface area contributed by atoms with E-state index in [1.807, 2.05) is 0 Å². The van der Waals surface area contributed by atoms with Crippen LogP contribution in [0.1, 0.15) is 99.3 Å². The van der Waals surface area contributed by atoms with Gasteiger partial charge in [-0.05, 0) is 105 Å². The van der Waals surface area contributed by atoms with Crippen LogP contribution in [0.4, 0.5) is 0 Å². The van der Waals surface area contributed by atoms with Gasteiger partial charge >= 0.3 is 0 Å². The van der Waals surface area contributed by atoms with E-state index in [0.29, 0.717) is 22.7 Å². The molecule has 4 heteroatoms. The molecule has 0 aromatic carbocycles. The number of hydrogen-bond donors (Lipinski definition) is 2. The van der Waals surface area contributed by atoms with Crippen molar-refractivity contribution in [3.63, 3.8) is 0 Å². The van der Waals surface area contributed by atoms with Crippen molar-refractivity contribution in [2.75, 3.05) is 6.54 Å². The molecule has 1 heterocycles. The lowest BCUT2D eigenvalue weighted by Gasteiger charge is -2.57. The summed E-state index contributed by atoms with van der Waals surface area (Å²) in [6.45, 7) is 14.4. The van der Waals surface area contributed by atoms with Crippen LogP contribution in [-0.4, -0.2) is 29.3 Å². The lowest BCUT2D eigenvalue weighted by atomic mass is 9.47. The molecule has 34 heavy (non-hydrogen) atoms. The van der Waals surface area contributed by atoms with E-state index in [-0.39, 0.29) is 17.6 Å². The number of rotatable bonds is 5. The van der Waals surface area contributed by atoms with Crippen molar-refractivity contribution in [2.24, 2.45) is 40.4 Å². The zero-order chi connectivity index (χ0) is 24.5. The summed E-state index contributed by atoms with van der Waals surface area (Å²) >= 11 is 0. The molecule has 9 atom stereocenters. The fraction of sp³-hybridized carbons (Fsp3) is 0.833. The molecule has 5 aliphatic rings. The van der Waals surface area contributed by atoms with Gasteiger partial charge in [-0.15, -0.1) is 0 Å². The molecule has 5 rings (SSSR count). The minimum Gasteiger partial charge on any atom is -0.491 e. The average Bonchev–Trinajstić information content (AvgIpc) is 3.17. The van der Waals surface area contributed by atoms with Crippen molar-refractivity contribution < 1.29 is 14.6 Å². The van der Waals surface area contributed by atoms with Crippen LogP contribution in [0.5, 0.6) is 0 Å². The van der Waals surface area contributed by atoms with Gasteiger partial charge in [0, 0.05) is 25.8 Å². The van der Waals surface area contributed by atoms with E-state index < -0.39 is 0 Å². The predicted octanol–water partition coefficient (Wildman–Crippen LogP) is 6.15. The SMILES string of the molecule is CC(=O)NC[C@H](C)CCC1=C(C)[C@@H]2[C@@]3(C)CC[C@H]4[C@@H](CC=C5C[C@H](O)CC[C@@]54C)[C@@H]3C[C@]2(C)O1. The molecule has 0 saturated heterocycles. The van der Waals surface area contributed by atoms with E-state index in [1.54, 1.807) is 12.5 Å². The van der Waals surface area contributed by atoms with Gasteiger partial charge in [0.25, 0.3) is 0 Å². The molecule has 3 fully saturated rings. The molecule has 1 aliphatic heterocycles. The van der Waals surface area contributed by atoms with Crippen molar-refractivity contribution in [3.8, 4) is 0 Å². The number of allylic oxidation sites excluding steroid dienone is 2. The van der Waals surface area contributed by atoms with Crippen LogP contribution >= 0.6 is 0 Å². The minimum atomic E-state index is -0.130. The predicted molar refractivity (Wildman–Crippen MR) is 136 cm³/mol. The standard InChI is InChI=1S/C30H47NO3/c1-18(17-31-20(3)32)7-10-26-19(2)27-29(5)14-12-24-23(25(29)16-30(27,6)34-26)9-8-21-15-22(33)11-13-28(21,24)4/h8,18,22-25,27,33H,7,9-17H2,1-6H3,(H,31,32)/t18-,22-,23-,24+,25+,27-,28+,29+,30+/m1/s1. The molecule has 3 saturated carbocycles. The first kappa shape index (κ1) is 24.4. The third-order valence-corrected chi connectivity index (χ3v) is 11.2. The fourth-order valence-corrected chi connectivity index (χ4v) is 9.61. The van der Waals surface area contributed by atoms with Gasteiger partial charge in [-0.25, -0.2) is 0 Å². The second-order valence-electron chi connectivity index (χ2n) is 13.4. The van der Waals surface area contributed by atoms with Crippen LogP contribution in [0.2, 0.25) is 0 Å². The second-order valence-corrected chi connectivity index (χ2v) is 13.4. The third-order valence-electron chi connectivity index (χ3n) is 11.2. The van der Waals surface area contributed by atoms with Gasteiger partial charge in [0.1, 0.15) is 5.60 Å². The Labute approximate surface area is 207 Å². The zero-order valence-corrected chi connectivity index (χ0v) is 22.4. The van der Waals surface area contributed by atoms with Gasteiger partial charge in [-0.1, -0.05) is 32.4 Å². The maximum Gasteiger partial charge on any atom is 0.216 e. The largest absolute Gasteiger partial charge is 0.491 e. The van der Waals surface area contributed by atoms with Crippen LogP contribution in [0.15, 0.2) is 23.0 Å². The Morgan fingerprint density at radius 3 is 2.74 bits per heavy atom. The monoisotopic (exact) mass is 469 g/mol. The number of fused-ring (bicyclic) bond motifs is 7. The number of nitrogens with one attached hydrogen (secondary N) is 1. The quantitative estimate of drug-likeness (QED) is 0.475. The molecule has 1 amide bonds. The average molecular weight is 470 g/mol. The minimum absolute atomic E-state index is 0.0546. The van der Waals surface area contributed by atoms with E-state index in [0.717, 1.165) is 56.4 Å². The first-order valence-corrected chi connectivity index (χ1v) is 14.0. The van der Waals surface area contributed by atoms with Crippen molar-refractivity contribution in [1.82, 2.24) is 5.32 Å². The molecular weight excluding hydrogens is 422 g/mol. The molecule has 4 nitrogen and oxygen atoms in total. The van der Waals surface area contributed by atoms with Crippen molar-refractivity contribution >= 4 is 5.91 Å². The number of carbonyl (C=O) groups is 1. The second kappa shape index (κ2) is 8.39. The van der Waals surface area contributed by atoms with Crippen LogP contribution < -0.4 is 5.32 Å². The van der Waals surface area contributed by atoms with Gasteiger partial charge in [0.2, 0.25) is 5.91 Å². The summed E-state index contributed by atoms with van der Waals surface area (Å²) in [5.74, 6) is 4.51. The highest BCUT2D eigenvalue weighted by molar-refractivity contribution is 5.72. The first-order valence-electron chi connectivity index (χ1n) is 14.0. The molecule has 0 aromatic heterocycles. The Hall–Kier alpha value is -1.29. The van der Waals surface area contributed by atoms with Crippen LogP contribution in [0.3, 0.4) is 0 Å². The van der Waals surface area contributed by atoms with Gasteiger partial charge in [-0.2, -0.15) is 0 Å². The van der Waals surface area contributed by atoms with E-state index in [9.17, 15) is 9.90 Å². The number of carbonyl (C=O) groups excluding carboxylic acids is 1. The van der Waals surface area contributed by atoms with Gasteiger partial charge < -0.3 is 15.2 Å². The third kappa shape index (κ3) is 3.69. The van der Waals surface area contributed by atoms with Crippen LogP contribution in [0, 0.1) is 40.4 Å². The Morgan fingerprint density at radius 2 is 2.00 bits per heavy atom. The summed E-state index contributed by atoms with van der Waals surface area (Å²) in [7, 11) is 0. The van der Waals surface area contributed by atoms with Gasteiger partial charge in [0.05, 0.1) is 11.9 Å². The van der Waals surface area contributed by atoms with Crippen molar-refractivity contribution in [3.05, 3.63) is 23.0 Å². The highest BCUT2D eigenvalue weighted by atomic mass is 16.5. The summed E-state index contributed by atoms with van der Waals surface area (Å²) in [5.41, 5.74) is 3.62. The molecule has 0 aromatic rings. The summed E-state index contributed by atoms with van der Waals surface area (Å²) < 4.78 is 6.89. The number of ether oxygens (including phenoxy) is 1. The van der Waals surface area contributed by atoms with Gasteiger partial charge in [-0.3, -0.25) is 4.79 Å². The molecule has 0 radical (unpaired) electrons. The maximum absolute atomic E-state index is 11.3. The Kier molecular flexibility index (Phi) is 6.02. The highest BCUT2D eigenvalue weighted by Gasteiger charge is 2.67. The molecule has 0 unspecified atom stereocenters. The van der Waals surface area contributed by atoms with E-state index in [4.69, 9.17) is 4.74 Å². The Balaban J connectivity index is 1.34. The Bertz CT molecular complexity index is 907. The first-order chi connectivity index (χ1) is 16.0. The lowest BCUT2D eigenvalue weighted by molar-refractivity contribution is -0.119. The summed E-state index contributed by atoms with van der Waals surface area (Å²) in [5, 5.41) is 13.3. The summed E-state index contributed by atoms with van der Waals surface area (Å²) in [6.07, 6.45) is 12.5. The number of aliphatic hydroxyl groups is 1. The molecule has 190 valence electrons. The van der Waals surface area contributed by atoms with Crippen molar-refractivity contribution in [2.45, 2.75) is 111 Å². The van der Waals surface area contributed by atoms with E-state index >= 15 is 0 Å². The topological polar surface area (TPSA) is 58.6 Å². The molecular formula is C30H47NO3. The number of amides is 1. The molecule has 4 aliphatic carbocycles. The van der Waals surface area contributed by atoms with E-state index in [1.165, 1.54) is 37.0 Å². The fourth-order valence-electron chi connectivity index (χ4n) is 9.61. The van der Waals surface area contributed by atoms with Gasteiger partial charge in [0.15, 0.2) is 0 Å². The summed E-state index contributed by atoms with van der Waals surface area (Å²) in [6, 6.07) is 0. The normalized spacial score (nSPS) is 46.0. The molecule has 2 N–H and O–H groups in total. The summed E-state index contributed by atoms with van der Waals surface area (Å²) in [4.78, 5) is 11.3. The smallest absolute Gasteiger partial charge is 0.216 e. The maximum atomic E-state index is 11.3. The highest BCUT2D eigenvalue weighted by Crippen LogP contribution is 2.71. The van der Waals surface area contributed by atoms with Crippen molar-refractivity contribution in [1.29, 1.82) is 0 Å². The van der Waals surface area contributed by atoms with E-state index in [2.05, 4.69) is 46.0 Å². The van der Waals surface area contributed by atoms with Crippen LogP contribution in [0.25, 0.3) is 0 Å². The molecule has 0 spiro atoms. The van der Waals surface area contributed by atoms with Crippen LogP contribution in [-0.2, 0) is 9.53 Å². The Morgan fingerprint density at radius 1 is 1.24 bits per heavy atom. The zero-order valence-electron chi connectivity index (χ0n) is 22.4. The number of aliphatic hydroxyl groups excluding tert-OH is 1.